The van der Waals surface area contributed by atoms with Crippen molar-refractivity contribution in [1.29, 1.82) is 0 Å². The van der Waals surface area contributed by atoms with E-state index >= 15 is 0 Å². The first-order valence-electron chi connectivity index (χ1n) is 8.32. The maximum Gasteiger partial charge on any atom is 0.123 e. The molecule has 3 nitrogen and oxygen atoms in total. The molecule has 2 unspecified atom stereocenters. The van der Waals surface area contributed by atoms with Crippen molar-refractivity contribution >= 4 is 0 Å². The number of hydrogen-bond acceptors (Lipinski definition) is 3. The summed E-state index contributed by atoms with van der Waals surface area (Å²) >= 11 is 0. The first-order valence-corrected chi connectivity index (χ1v) is 8.32. The molecule has 1 heterocycles. The molecular formula is C18H29NO2. The van der Waals surface area contributed by atoms with Gasteiger partial charge in [-0.1, -0.05) is 6.92 Å². The standard InChI is InChI=1S/C18H29NO2/c1-5-9-19-13(3)7-8-15-11-18-16(10-14(4)21-18)12-17(15)20-6-2/h11-14,19H,5-10H2,1-4H3. The van der Waals surface area contributed by atoms with E-state index in [1.165, 1.54) is 17.5 Å². The van der Waals surface area contributed by atoms with E-state index in [0.29, 0.717) is 12.6 Å². The molecule has 1 aromatic carbocycles. The predicted molar refractivity (Wildman–Crippen MR) is 87.5 cm³/mol. The number of ether oxygens (including phenoxy) is 2. The highest BCUT2D eigenvalue weighted by Gasteiger charge is 2.21. The number of benzene rings is 1. The lowest BCUT2D eigenvalue weighted by Gasteiger charge is -2.16. The Morgan fingerprint density at radius 2 is 2.19 bits per heavy atom. The van der Waals surface area contributed by atoms with Crippen molar-refractivity contribution in [3.05, 3.63) is 23.3 Å². The Kier molecular flexibility index (Phi) is 5.92. The summed E-state index contributed by atoms with van der Waals surface area (Å²) in [6.45, 7) is 10.4. The largest absolute Gasteiger partial charge is 0.494 e. The van der Waals surface area contributed by atoms with Crippen molar-refractivity contribution in [3.63, 3.8) is 0 Å². The summed E-state index contributed by atoms with van der Waals surface area (Å²) in [6, 6.07) is 4.91. The molecule has 2 rings (SSSR count). The summed E-state index contributed by atoms with van der Waals surface area (Å²) in [4.78, 5) is 0. The Morgan fingerprint density at radius 1 is 1.38 bits per heavy atom. The van der Waals surface area contributed by atoms with Gasteiger partial charge in [0.1, 0.15) is 17.6 Å². The summed E-state index contributed by atoms with van der Waals surface area (Å²) in [7, 11) is 0. The van der Waals surface area contributed by atoms with Crippen LogP contribution >= 0.6 is 0 Å². The molecule has 0 fully saturated rings. The summed E-state index contributed by atoms with van der Waals surface area (Å²) in [5.41, 5.74) is 2.56. The third-order valence-electron chi connectivity index (χ3n) is 3.97. The van der Waals surface area contributed by atoms with Crippen molar-refractivity contribution in [2.24, 2.45) is 0 Å². The lowest BCUT2D eigenvalue weighted by Crippen LogP contribution is -2.27. The molecule has 118 valence electrons. The van der Waals surface area contributed by atoms with Gasteiger partial charge in [0, 0.05) is 18.0 Å². The van der Waals surface area contributed by atoms with Gasteiger partial charge in [0.25, 0.3) is 0 Å². The van der Waals surface area contributed by atoms with E-state index < -0.39 is 0 Å². The normalized spacial score (nSPS) is 18.2. The first-order chi connectivity index (χ1) is 10.1. The third kappa shape index (κ3) is 4.37. The van der Waals surface area contributed by atoms with Crippen LogP contribution in [0.25, 0.3) is 0 Å². The van der Waals surface area contributed by atoms with Crippen LogP contribution in [0.4, 0.5) is 0 Å². The van der Waals surface area contributed by atoms with E-state index in [9.17, 15) is 0 Å². The molecule has 1 aliphatic rings. The minimum absolute atomic E-state index is 0.287. The molecule has 0 amide bonds. The zero-order valence-corrected chi connectivity index (χ0v) is 13.9. The fraction of sp³-hybridized carbons (Fsp3) is 0.667. The molecule has 0 aliphatic carbocycles. The van der Waals surface area contributed by atoms with E-state index in [2.05, 4.69) is 38.2 Å². The van der Waals surface area contributed by atoms with Crippen LogP contribution in [0.5, 0.6) is 11.5 Å². The predicted octanol–water partition coefficient (Wildman–Crippen LogP) is 3.73. The van der Waals surface area contributed by atoms with Gasteiger partial charge in [-0.25, -0.2) is 0 Å². The van der Waals surface area contributed by atoms with Gasteiger partial charge in [-0.2, -0.15) is 0 Å². The van der Waals surface area contributed by atoms with Gasteiger partial charge in [-0.15, -0.1) is 0 Å². The van der Waals surface area contributed by atoms with Crippen LogP contribution in [0.2, 0.25) is 0 Å². The van der Waals surface area contributed by atoms with Gasteiger partial charge in [0.2, 0.25) is 0 Å². The van der Waals surface area contributed by atoms with E-state index in [1.807, 2.05) is 6.92 Å². The molecule has 1 aliphatic heterocycles. The van der Waals surface area contributed by atoms with Crippen molar-refractivity contribution < 1.29 is 9.47 Å². The van der Waals surface area contributed by atoms with E-state index in [-0.39, 0.29) is 6.10 Å². The molecule has 3 heteroatoms. The molecule has 0 radical (unpaired) electrons. The molecule has 1 aromatic rings. The van der Waals surface area contributed by atoms with Crippen LogP contribution in [0, 0.1) is 0 Å². The Bertz CT molecular complexity index is 459. The average molecular weight is 291 g/mol. The molecule has 21 heavy (non-hydrogen) atoms. The van der Waals surface area contributed by atoms with Gasteiger partial charge in [0.05, 0.1) is 6.61 Å². The van der Waals surface area contributed by atoms with E-state index in [4.69, 9.17) is 9.47 Å². The lowest BCUT2D eigenvalue weighted by molar-refractivity contribution is 0.254. The zero-order valence-electron chi connectivity index (χ0n) is 13.9. The maximum absolute atomic E-state index is 5.88. The molecule has 0 bridgehead atoms. The SMILES string of the molecule is CCCNC(C)CCc1cc2c(cc1OCC)CC(C)O2. The maximum atomic E-state index is 5.88. The van der Waals surface area contributed by atoms with Gasteiger partial charge in [-0.3, -0.25) is 0 Å². The number of nitrogens with one attached hydrogen (secondary N) is 1. The van der Waals surface area contributed by atoms with Crippen LogP contribution in [0.15, 0.2) is 12.1 Å². The first kappa shape index (κ1) is 16.2. The third-order valence-corrected chi connectivity index (χ3v) is 3.97. The van der Waals surface area contributed by atoms with Crippen LogP contribution in [0.3, 0.4) is 0 Å². The van der Waals surface area contributed by atoms with Crippen LogP contribution in [-0.4, -0.2) is 25.3 Å². The Morgan fingerprint density at radius 3 is 2.90 bits per heavy atom. The minimum Gasteiger partial charge on any atom is -0.494 e. The minimum atomic E-state index is 0.287. The lowest BCUT2D eigenvalue weighted by atomic mass is 10.0. The Balaban J connectivity index is 2.05. The summed E-state index contributed by atoms with van der Waals surface area (Å²) < 4.78 is 11.7. The second kappa shape index (κ2) is 7.69. The Labute approximate surface area is 129 Å². The van der Waals surface area contributed by atoms with Crippen LogP contribution in [-0.2, 0) is 12.8 Å². The molecule has 0 aromatic heterocycles. The van der Waals surface area contributed by atoms with Crippen LogP contribution < -0.4 is 14.8 Å². The molecular weight excluding hydrogens is 262 g/mol. The number of rotatable bonds is 8. The van der Waals surface area contributed by atoms with Crippen molar-refractivity contribution in [2.45, 2.75) is 65.5 Å². The highest BCUT2D eigenvalue weighted by Crippen LogP contribution is 2.35. The Hall–Kier alpha value is -1.22. The smallest absolute Gasteiger partial charge is 0.123 e. The molecule has 0 spiro atoms. The highest BCUT2D eigenvalue weighted by molar-refractivity contribution is 5.48. The fourth-order valence-electron chi connectivity index (χ4n) is 2.83. The quantitative estimate of drug-likeness (QED) is 0.791. The van der Waals surface area contributed by atoms with Gasteiger partial charge < -0.3 is 14.8 Å². The summed E-state index contributed by atoms with van der Waals surface area (Å²) in [5.74, 6) is 2.09. The van der Waals surface area contributed by atoms with Gasteiger partial charge >= 0.3 is 0 Å². The molecule has 2 atom stereocenters. The zero-order chi connectivity index (χ0) is 15.2. The van der Waals surface area contributed by atoms with E-state index in [0.717, 1.165) is 37.3 Å². The van der Waals surface area contributed by atoms with Crippen LogP contribution in [0.1, 0.15) is 51.7 Å². The van der Waals surface area contributed by atoms with Crippen molar-refractivity contribution in [2.75, 3.05) is 13.2 Å². The molecule has 0 saturated carbocycles. The van der Waals surface area contributed by atoms with Gasteiger partial charge in [0.15, 0.2) is 0 Å². The summed E-state index contributed by atoms with van der Waals surface area (Å²) in [6.07, 6.45) is 4.60. The average Bonchev–Trinajstić information content (AvgIpc) is 2.82. The highest BCUT2D eigenvalue weighted by atomic mass is 16.5. The monoisotopic (exact) mass is 291 g/mol. The molecule has 1 N–H and O–H groups in total. The topological polar surface area (TPSA) is 30.5 Å². The number of aryl methyl sites for hydroxylation is 1. The van der Waals surface area contributed by atoms with Crippen molar-refractivity contribution in [3.8, 4) is 11.5 Å². The van der Waals surface area contributed by atoms with E-state index in [1.54, 1.807) is 0 Å². The second-order valence-electron chi connectivity index (χ2n) is 6.03. The molecule has 0 saturated heterocycles. The second-order valence-corrected chi connectivity index (χ2v) is 6.03. The van der Waals surface area contributed by atoms with Crippen molar-refractivity contribution in [1.82, 2.24) is 5.32 Å². The van der Waals surface area contributed by atoms with Gasteiger partial charge in [-0.05, 0) is 64.3 Å². The number of hydrogen-bond donors (Lipinski definition) is 1. The fourth-order valence-corrected chi connectivity index (χ4v) is 2.83. The summed E-state index contributed by atoms with van der Waals surface area (Å²) in [5, 5.41) is 3.54. The number of fused-ring (bicyclic) bond motifs is 1.